The van der Waals surface area contributed by atoms with E-state index in [2.05, 4.69) is 11.8 Å². The number of hydrogen-bond donors (Lipinski definition) is 1. The van der Waals surface area contributed by atoms with Gasteiger partial charge in [0.15, 0.2) is 0 Å². The van der Waals surface area contributed by atoms with Crippen LogP contribution in [0.15, 0.2) is 0 Å². The summed E-state index contributed by atoms with van der Waals surface area (Å²) in [7, 11) is 1.76. The molecule has 2 unspecified atom stereocenters. The van der Waals surface area contributed by atoms with Gasteiger partial charge in [-0.25, -0.2) is 0 Å². The average molecular weight is 229 g/mol. The van der Waals surface area contributed by atoms with Crippen molar-refractivity contribution in [2.24, 2.45) is 0 Å². The van der Waals surface area contributed by atoms with Crippen molar-refractivity contribution in [3.8, 4) is 0 Å². The largest absolute Gasteiger partial charge is 0.481 e. The van der Waals surface area contributed by atoms with Crippen LogP contribution in [-0.4, -0.2) is 48.3 Å². The Balaban J connectivity index is 2.41. The van der Waals surface area contributed by atoms with Crippen molar-refractivity contribution in [2.75, 3.05) is 20.2 Å². The van der Waals surface area contributed by atoms with Crippen LogP contribution in [0.1, 0.15) is 39.0 Å². The molecule has 0 aliphatic heterocycles. The first-order valence-electron chi connectivity index (χ1n) is 6.16. The number of rotatable bonds is 6. The number of methoxy groups -OCH3 is 1. The fourth-order valence-electron chi connectivity index (χ4n) is 2.50. The smallest absolute Gasteiger partial charge is 0.304 e. The lowest BCUT2D eigenvalue weighted by molar-refractivity contribution is -0.137. The molecule has 0 aromatic carbocycles. The van der Waals surface area contributed by atoms with E-state index < -0.39 is 5.97 Å². The van der Waals surface area contributed by atoms with Gasteiger partial charge in [-0.05, 0) is 32.2 Å². The van der Waals surface area contributed by atoms with Crippen molar-refractivity contribution < 1.29 is 14.6 Å². The molecule has 0 amide bonds. The number of ether oxygens (including phenoxy) is 1. The molecule has 0 spiro atoms. The van der Waals surface area contributed by atoms with E-state index in [0.29, 0.717) is 18.7 Å². The summed E-state index contributed by atoms with van der Waals surface area (Å²) in [5.41, 5.74) is 0. The summed E-state index contributed by atoms with van der Waals surface area (Å²) in [6, 6.07) is 0.503. The van der Waals surface area contributed by atoms with Gasteiger partial charge in [0, 0.05) is 19.7 Å². The highest BCUT2D eigenvalue weighted by Gasteiger charge is 2.25. The molecule has 0 bridgehead atoms. The standard InChI is InChI=1S/C12H23NO3/c1-3-13(8-7-12(14)15)10-5-4-6-11(9-10)16-2/h10-11H,3-9H2,1-2H3,(H,14,15). The summed E-state index contributed by atoms with van der Waals surface area (Å²) in [6.07, 6.45) is 5.15. The lowest BCUT2D eigenvalue weighted by atomic mass is 9.91. The molecule has 0 aromatic rings. The second kappa shape index (κ2) is 6.86. The predicted octanol–water partition coefficient (Wildman–Crippen LogP) is 1.74. The van der Waals surface area contributed by atoms with Crippen molar-refractivity contribution in [3.63, 3.8) is 0 Å². The first-order chi connectivity index (χ1) is 7.67. The molecule has 1 N–H and O–H groups in total. The minimum Gasteiger partial charge on any atom is -0.481 e. The minimum absolute atomic E-state index is 0.238. The third-order valence-electron chi connectivity index (χ3n) is 3.47. The van der Waals surface area contributed by atoms with Crippen molar-refractivity contribution >= 4 is 5.97 Å². The average Bonchev–Trinajstić information content (AvgIpc) is 2.30. The van der Waals surface area contributed by atoms with Crippen LogP contribution in [0.4, 0.5) is 0 Å². The maximum Gasteiger partial charge on any atom is 0.304 e. The van der Waals surface area contributed by atoms with Gasteiger partial charge >= 0.3 is 5.97 Å². The zero-order valence-electron chi connectivity index (χ0n) is 10.3. The quantitative estimate of drug-likeness (QED) is 0.753. The van der Waals surface area contributed by atoms with Gasteiger partial charge in [-0.2, -0.15) is 0 Å². The van der Waals surface area contributed by atoms with Crippen molar-refractivity contribution in [1.29, 1.82) is 0 Å². The molecule has 0 heterocycles. The highest BCUT2D eigenvalue weighted by molar-refractivity contribution is 5.66. The van der Waals surface area contributed by atoms with Crippen LogP contribution in [0.2, 0.25) is 0 Å². The maximum atomic E-state index is 10.6. The Bertz CT molecular complexity index is 220. The fourth-order valence-corrected chi connectivity index (χ4v) is 2.50. The van der Waals surface area contributed by atoms with Crippen LogP contribution in [0, 0.1) is 0 Å². The Kier molecular flexibility index (Phi) is 5.77. The Morgan fingerprint density at radius 3 is 2.81 bits per heavy atom. The Labute approximate surface area is 97.6 Å². The summed E-state index contributed by atoms with van der Waals surface area (Å²) in [6.45, 7) is 3.68. The van der Waals surface area contributed by atoms with Gasteiger partial charge in [-0.1, -0.05) is 6.92 Å². The Hall–Kier alpha value is -0.610. The molecule has 2 atom stereocenters. The number of carboxylic acids is 1. The number of nitrogens with zero attached hydrogens (tertiary/aromatic N) is 1. The molecule has 4 nitrogen and oxygen atoms in total. The molecule has 1 aliphatic carbocycles. The lowest BCUT2D eigenvalue weighted by Crippen LogP contribution is -2.41. The molecular formula is C12H23NO3. The summed E-state index contributed by atoms with van der Waals surface area (Å²) in [4.78, 5) is 12.8. The van der Waals surface area contributed by atoms with Crippen LogP contribution in [-0.2, 0) is 9.53 Å². The topological polar surface area (TPSA) is 49.8 Å². The number of aliphatic carboxylic acids is 1. The molecule has 0 radical (unpaired) electrons. The molecule has 4 heteroatoms. The van der Waals surface area contributed by atoms with Crippen LogP contribution < -0.4 is 0 Å². The van der Waals surface area contributed by atoms with E-state index in [1.165, 1.54) is 12.8 Å². The number of carbonyl (C=O) groups is 1. The van der Waals surface area contributed by atoms with E-state index in [4.69, 9.17) is 9.84 Å². The van der Waals surface area contributed by atoms with Gasteiger partial charge in [0.2, 0.25) is 0 Å². The van der Waals surface area contributed by atoms with Crippen LogP contribution in [0.3, 0.4) is 0 Å². The minimum atomic E-state index is -0.711. The molecular weight excluding hydrogens is 206 g/mol. The third-order valence-corrected chi connectivity index (χ3v) is 3.47. The van der Waals surface area contributed by atoms with Gasteiger partial charge < -0.3 is 9.84 Å². The molecule has 1 rings (SSSR count). The number of carboxylic acid groups (broad SMARTS) is 1. The van der Waals surface area contributed by atoms with Crippen LogP contribution in [0.25, 0.3) is 0 Å². The van der Waals surface area contributed by atoms with Crippen LogP contribution >= 0.6 is 0 Å². The molecule has 94 valence electrons. The number of hydrogen-bond acceptors (Lipinski definition) is 3. The molecule has 0 aromatic heterocycles. The van der Waals surface area contributed by atoms with E-state index in [1.807, 2.05) is 0 Å². The molecule has 1 saturated carbocycles. The monoisotopic (exact) mass is 229 g/mol. The van der Waals surface area contributed by atoms with Crippen molar-refractivity contribution in [2.45, 2.75) is 51.2 Å². The molecule has 0 saturated heterocycles. The summed E-state index contributed by atoms with van der Waals surface area (Å²) >= 11 is 0. The third kappa shape index (κ3) is 4.10. The van der Waals surface area contributed by atoms with Crippen LogP contribution in [0.5, 0.6) is 0 Å². The van der Waals surface area contributed by atoms with Gasteiger partial charge in [0.1, 0.15) is 0 Å². The van der Waals surface area contributed by atoms with E-state index in [9.17, 15) is 4.79 Å². The van der Waals surface area contributed by atoms with E-state index in [1.54, 1.807) is 7.11 Å². The van der Waals surface area contributed by atoms with Crippen molar-refractivity contribution in [3.05, 3.63) is 0 Å². The highest BCUT2D eigenvalue weighted by Crippen LogP contribution is 2.24. The summed E-state index contributed by atoms with van der Waals surface area (Å²) in [5, 5.41) is 8.70. The Morgan fingerprint density at radius 2 is 2.25 bits per heavy atom. The van der Waals surface area contributed by atoms with Gasteiger partial charge in [-0.15, -0.1) is 0 Å². The molecule has 16 heavy (non-hydrogen) atoms. The second-order valence-electron chi connectivity index (χ2n) is 4.45. The normalized spacial score (nSPS) is 25.9. The predicted molar refractivity (Wildman–Crippen MR) is 62.6 cm³/mol. The SMILES string of the molecule is CCN(CCC(=O)O)C1CCCC(OC)C1. The van der Waals surface area contributed by atoms with Gasteiger partial charge in [0.05, 0.1) is 12.5 Å². The second-order valence-corrected chi connectivity index (χ2v) is 4.45. The zero-order chi connectivity index (χ0) is 12.0. The van der Waals surface area contributed by atoms with E-state index in [-0.39, 0.29) is 6.42 Å². The van der Waals surface area contributed by atoms with Crippen molar-refractivity contribution in [1.82, 2.24) is 4.90 Å². The first kappa shape index (κ1) is 13.5. The van der Waals surface area contributed by atoms with Gasteiger partial charge in [0.25, 0.3) is 0 Å². The zero-order valence-corrected chi connectivity index (χ0v) is 10.3. The summed E-state index contributed by atoms with van der Waals surface area (Å²) in [5.74, 6) is -0.711. The fraction of sp³-hybridized carbons (Fsp3) is 0.917. The van der Waals surface area contributed by atoms with E-state index >= 15 is 0 Å². The Morgan fingerprint density at radius 1 is 1.50 bits per heavy atom. The maximum absolute atomic E-state index is 10.6. The van der Waals surface area contributed by atoms with E-state index in [0.717, 1.165) is 19.4 Å². The highest BCUT2D eigenvalue weighted by atomic mass is 16.5. The summed E-state index contributed by atoms with van der Waals surface area (Å²) < 4.78 is 5.40. The van der Waals surface area contributed by atoms with Gasteiger partial charge in [-0.3, -0.25) is 9.69 Å². The lowest BCUT2D eigenvalue weighted by Gasteiger charge is -2.36. The molecule has 1 aliphatic rings. The molecule has 1 fully saturated rings. The first-order valence-corrected chi connectivity index (χ1v) is 6.16.